The average Bonchev–Trinajstić information content (AvgIpc) is 2.74. The number of fused-ring (bicyclic) bond motifs is 1. The van der Waals surface area contributed by atoms with Crippen molar-refractivity contribution in [2.45, 2.75) is 31.8 Å². The van der Waals surface area contributed by atoms with Gasteiger partial charge in [0.2, 0.25) is 0 Å². The van der Waals surface area contributed by atoms with Crippen LogP contribution in [0.2, 0.25) is 0 Å². The van der Waals surface area contributed by atoms with Crippen LogP contribution >= 0.6 is 0 Å². The van der Waals surface area contributed by atoms with Crippen molar-refractivity contribution in [1.82, 2.24) is 9.91 Å². The van der Waals surface area contributed by atoms with Crippen LogP contribution in [-0.4, -0.2) is 59.0 Å². The number of hydrazone groups is 1. The second-order valence-corrected chi connectivity index (χ2v) is 7.87. The Morgan fingerprint density at radius 2 is 1.63 bits per heavy atom. The number of hydrogen-bond donors (Lipinski definition) is 1. The van der Waals surface area contributed by atoms with Crippen LogP contribution in [0, 0.1) is 0 Å². The number of ether oxygens (including phenoxy) is 1. The van der Waals surface area contributed by atoms with Crippen LogP contribution in [-0.2, 0) is 9.53 Å². The molecule has 1 N–H and O–H groups in total. The largest absolute Gasteiger partial charge is 0.507 e. The molecule has 0 aromatic heterocycles. The molecule has 6 nitrogen and oxygen atoms in total. The van der Waals surface area contributed by atoms with Crippen LogP contribution in [0.1, 0.15) is 30.9 Å². The number of hydrogen-bond acceptors (Lipinski definition) is 5. The Kier molecular flexibility index (Phi) is 5.86. The topological polar surface area (TPSA) is 65.4 Å². The third-order valence-corrected chi connectivity index (χ3v) is 5.63. The molecule has 1 unspecified atom stereocenters. The Morgan fingerprint density at radius 1 is 1.03 bits per heavy atom. The van der Waals surface area contributed by atoms with E-state index in [1.54, 1.807) is 11.2 Å². The summed E-state index contributed by atoms with van der Waals surface area (Å²) in [5.74, 6) is -0.338. The van der Waals surface area contributed by atoms with Gasteiger partial charge in [-0.15, -0.1) is 0 Å². The molecule has 2 aliphatic heterocycles. The second-order valence-electron chi connectivity index (χ2n) is 7.87. The average molecular weight is 405 g/mol. The lowest BCUT2D eigenvalue weighted by atomic mass is 9.83. The third-order valence-electron chi connectivity index (χ3n) is 5.63. The molecule has 1 amide bonds. The SMILES string of the molecule is CC(C)N1CC(C(c2ccccc2)c2ccccc2)N2/N=C\COC/C(O)=C\2C1=O. The zero-order valence-electron chi connectivity index (χ0n) is 17.3. The van der Waals surface area contributed by atoms with E-state index in [0.717, 1.165) is 11.1 Å². The van der Waals surface area contributed by atoms with Crippen molar-refractivity contribution in [3.8, 4) is 0 Å². The highest BCUT2D eigenvalue weighted by atomic mass is 16.5. The van der Waals surface area contributed by atoms with Gasteiger partial charge in [-0.05, 0) is 25.0 Å². The van der Waals surface area contributed by atoms with Crippen molar-refractivity contribution in [1.29, 1.82) is 0 Å². The standard InChI is InChI=1S/C24H27N3O3/c1-17(2)26-15-20(27-23(24(26)29)21(28)16-30-14-13-25-27)22(18-9-5-3-6-10-18)19-11-7-4-8-12-19/h3-13,17,20,22,28H,14-16H2,1-2H3/b23-21+,25-13-. The quantitative estimate of drug-likeness (QED) is 0.845. The summed E-state index contributed by atoms with van der Waals surface area (Å²) in [6.07, 6.45) is 1.66. The fourth-order valence-corrected chi connectivity index (χ4v) is 4.21. The Bertz CT molecular complexity index is 901. The number of piperazine rings is 1. The van der Waals surface area contributed by atoms with Crippen molar-refractivity contribution in [3.63, 3.8) is 0 Å². The molecule has 1 saturated heterocycles. The molecule has 6 heteroatoms. The molecule has 0 aliphatic carbocycles. The van der Waals surface area contributed by atoms with Crippen LogP contribution in [0.5, 0.6) is 0 Å². The molecule has 30 heavy (non-hydrogen) atoms. The summed E-state index contributed by atoms with van der Waals surface area (Å²) < 4.78 is 5.39. The van der Waals surface area contributed by atoms with Gasteiger partial charge in [0.15, 0.2) is 5.70 Å². The van der Waals surface area contributed by atoms with Gasteiger partial charge in [-0.1, -0.05) is 60.7 Å². The van der Waals surface area contributed by atoms with Crippen LogP contribution in [0.15, 0.2) is 77.2 Å². The van der Waals surface area contributed by atoms with Gasteiger partial charge in [-0.2, -0.15) is 5.10 Å². The molecule has 2 aliphatic rings. The molecule has 0 bridgehead atoms. The minimum atomic E-state index is -0.221. The lowest BCUT2D eigenvalue weighted by Gasteiger charge is -2.46. The highest BCUT2D eigenvalue weighted by Gasteiger charge is 2.44. The highest BCUT2D eigenvalue weighted by Crippen LogP contribution is 2.37. The van der Waals surface area contributed by atoms with E-state index in [-0.39, 0.29) is 48.6 Å². The van der Waals surface area contributed by atoms with E-state index in [1.165, 1.54) is 0 Å². The molecular formula is C24H27N3O3. The Morgan fingerprint density at radius 3 is 2.20 bits per heavy atom. The number of benzene rings is 2. The van der Waals surface area contributed by atoms with Crippen molar-refractivity contribution in [2.24, 2.45) is 5.10 Å². The summed E-state index contributed by atoms with van der Waals surface area (Å²) in [6.45, 7) is 4.75. The molecule has 0 radical (unpaired) electrons. The maximum Gasteiger partial charge on any atom is 0.275 e. The Balaban J connectivity index is 1.88. The normalized spacial score (nSPS) is 23.3. The zero-order valence-corrected chi connectivity index (χ0v) is 17.3. The summed E-state index contributed by atoms with van der Waals surface area (Å²) in [5, 5.41) is 17.0. The van der Waals surface area contributed by atoms with E-state index in [4.69, 9.17) is 4.74 Å². The van der Waals surface area contributed by atoms with Crippen molar-refractivity contribution >= 4 is 12.1 Å². The monoisotopic (exact) mass is 405 g/mol. The van der Waals surface area contributed by atoms with Crippen molar-refractivity contribution in [2.75, 3.05) is 19.8 Å². The first-order valence-electron chi connectivity index (χ1n) is 10.3. The van der Waals surface area contributed by atoms with E-state index in [0.29, 0.717) is 6.54 Å². The number of aliphatic hydroxyl groups is 1. The highest BCUT2D eigenvalue weighted by molar-refractivity contribution is 5.94. The van der Waals surface area contributed by atoms with Gasteiger partial charge in [-0.3, -0.25) is 9.80 Å². The van der Waals surface area contributed by atoms with Crippen molar-refractivity contribution < 1.29 is 14.6 Å². The predicted molar refractivity (Wildman–Crippen MR) is 116 cm³/mol. The van der Waals surface area contributed by atoms with Crippen LogP contribution in [0.4, 0.5) is 0 Å². The van der Waals surface area contributed by atoms with Crippen LogP contribution in [0.25, 0.3) is 0 Å². The van der Waals surface area contributed by atoms with Gasteiger partial charge >= 0.3 is 0 Å². The predicted octanol–water partition coefficient (Wildman–Crippen LogP) is 3.53. The van der Waals surface area contributed by atoms with Gasteiger partial charge < -0.3 is 14.7 Å². The second kappa shape index (κ2) is 8.71. The van der Waals surface area contributed by atoms with E-state index in [1.807, 2.05) is 55.1 Å². The first kappa shape index (κ1) is 20.2. The summed E-state index contributed by atoms with van der Waals surface area (Å²) in [4.78, 5) is 15.1. The fraction of sp³-hybridized carbons (Fsp3) is 0.333. The number of amides is 1. The van der Waals surface area contributed by atoms with Crippen LogP contribution in [0.3, 0.4) is 0 Å². The van der Waals surface area contributed by atoms with Crippen molar-refractivity contribution in [3.05, 3.63) is 83.2 Å². The lowest BCUT2D eigenvalue weighted by Crippen LogP contribution is -2.57. The van der Waals surface area contributed by atoms with Gasteiger partial charge in [0.05, 0.1) is 18.9 Å². The molecular weight excluding hydrogens is 378 g/mol. The Labute approximate surface area is 177 Å². The summed E-state index contributed by atoms with van der Waals surface area (Å²) in [6, 6.07) is 20.3. The minimum absolute atomic E-state index is 0.00927. The zero-order chi connectivity index (χ0) is 21.1. The molecule has 2 heterocycles. The van der Waals surface area contributed by atoms with Gasteiger partial charge in [0.25, 0.3) is 5.91 Å². The molecule has 156 valence electrons. The lowest BCUT2D eigenvalue weighted by molar-refractivity contribution is -0.136. The van der Waals surface area contributed by atoms with Gasteiger partial charge in [0, 0.05) is 18.5 Å². The molecule has 0 saturated carbocycles. The molecule has 1 fully saturated rings. The fourth-order valence-electron chi connectivity index (χ4n) is 4.21. The summed E-state index contributed by atoms with van der Waals surface area (Å²) in [7, 11) is 0. The third kappa shape index (κ3) is 3.83. The number of nitrogens with zero attached hydrogens (tertiary/aromatic N) is 3. The maximum atomic E-state index is 13.3. The first-order valence-corrected chi connectivity index (χ1v) is 10.3. The van der Waals surface area contributed by atoms with E-state index in [2.05, 4.69) is 29.4 Å². The number of carbonyl (C=O) groups is 1. The molecule has 2 aromatic carbocycles. The summed E-state index contributed by atoms with van der Waals surface area (Å²) >= 11 is 0. The number of rotatable bonds is 4. The molecule has 1 atom stereocenters. The molecule has 2 aromatic rings. The van der Waals surface area contributed by atoms with E-state index in [9.17, 15) is 9.90 Å². The van der Waals surface area contributed by atoms with Gasteiger partial charge in [0.1, 0.15) is 12.4 Å². The summed E-state index contributed by atoms with van der Waals surface area (Å²) in [5.41, 5.74) is 2.48. The number of aliphatic hydroxyl groups excluding tert-OH is 1. The molecule has 4 rings (SSSR count). The maximum absolute atomic E-state index is 13.3. The van der Waals surface area contributed by atoms with Crippen LogP contribution < -0.4 is 0 Å². The number of carbonyl (C=O) groups excluding carboxylic acids is 1. The van der Waals surface area contributed by atoms with E-state index < -0.39 is 0 Å². The van der Waals surface area contributed by atoms with Gasteiger partial charge in [-0.25, -0.2) is 0 Å². The van der Waals surface area contributed by atoms with E-state index >= 15 is 0 Å². The molecule has 0 spiro atoms. The Hall–Kier alpha value is -3.12. The smallest absolute Gasteiger partial charge is 0.275 e. The first-order chi connectivity index (χ1) is 14.6. The minimum Gasteiger partial charge on any atom is -0.507 e.